The number of piperidine rings is 1. The van der Waals surface area contributed by atoms with E-state index < -0.39 is 5.97 Å². The SMILES string of the molecule is CCN1CCC(NC(=O)C(=CCCCCC(=O)O)COc2cccc3ccccc23)CC1. The number of fused-ring (bicyclic) bond motifs is 1. The topological polar surface area (TPSA) is 78.9 Å². The maximum absolute atomic E-state index is 13.1. The van der Waals surface area contributed by atoms with Gasteiger partial charge in [-0.05, 0) is 50.1 Å². The lowest BCUT2D eigenvalue weighted by Crippen LogP contribution is -2.45. The minimum absolute atomic E-state index is 0.0848. The molecule has 1 aliphatic heterocycles. The van der Waals surface area contributed by atoms with E-state index in [1.807, 2.05) is 48.5 Å². The van der Waals surface area contributed by atoms with Crippen molar-refractivity contribution in [3.63, 3.8) is 0 Å². The molecule has 0 aromatic heterocycles. The molecular weight excluding hydrogens is 404 g/mol. The summed E-state index contributed by atoms with van der Waals surface area (Å²) in [5.74, 6) is -0.119. The molecule has 0 saturated carbocycles. The summed E-state index contributed by atoms with van der Waals surface area (Å²) in [6.07, 6.45) is 5.95. The van der Waals surface area contributed by atoms with E-state index in [2.05, 4.69) is 17.1 Å². The highest BCUT2D eigenvalue weighted by Crippen LogP contribution is 2.25. The van der Waals surface area contributed by atoms with Gasteiger partial charge in [-0.1, -0.05) is 49.4 Å². The third-order valence-corrected chi connectivity index (χ3v) is 6.03. The lowest BCUT2D eigenvalue weighted by molar-refractivity contribution is -0.137. The van der Waals surface area contributed by atoms with E-state index in [4.69, 9.17) is 9.84 Å². The monoisotopic (exact) mass is 438 g/mol. The molecule has 0 spiro atoms. The molecule has 6 heteroatoms. The molecule has 1 fully saturated rings. The second kappa shape index (κ2) is 12.2. The van der Waals surface area contributed by atoms with Gasteiger partial charge in [0, 0.05) is 30.9 Å². The Morgan fingerprint density at radius 1 is 1.12 bits per heavy atom. The summed E-state index contributed by atoms with van der Waals surface area (Å²) in [5.41, 5.74) is 0.603. The largest absolute Gasteiger partial charge is 0.488 e. The number of amides is 1. The molecule has 1 aliphatic rings. The number of nitrogens with one attached hydrogen (secondary N) is 1. The molecule has 0 unspecified atom stereocenters. The molecular formula is C26H34N2O4. The van der Waals surface area contributed by atoms with Crippen LogP contribution in [-0.2, 0) is 9.59 Å². The number of carboxylic acid groups (broad SMARTS) is 1. The number of aliphatic carboxylic acids is 1. The minimum Gasteiger partial charge on any atom is -0.488 e. The summed E-state index contributed by atoms with van der Waals surface area (Å²) < 4.78 is 6.09. The molecule has 0 aliphatic carbocycles. The van der Waals surface area contributed by atoms with E-state index in [1.54, 1.807) is 0 Å². The van der Waals surface area contributed by atoms with Crippen LogP contribution in [0.5, 0.6) is 5.75 Å². The Morgan fingerprint density at radius 2 is 1.88 bits per heavy atom. The summed E-state index contributed by atoms with van der Waals surface area (Å²) in [5, 5.41) is 14.1. The van der Waals surface area contributed by atoms with Gasteiger partial charge in [-0.2, -0.15) is 0 Å². The quantitative estimate of drug-likeness (QED) is 0.402. The molecule has 2 N–H and O–H groups in total. The van der Waals surface area contributed by atoms with Gasteiger partial charge >= 0.3 is 5.97 Å². The summed E-state index contributed by atoms with van der Waals surface area (Å²) in [4.78, 5) is 26.2. The van der Waals surface area contributed by atoms with Gasteiger partial charge in [0.15, 0.2) is 0 Å². The predicted octanol–water partition coefficient (Wildman–Crippen LogP) is 4.39. The number of allylic oxidation sites excluding steroid dienone is 1. The van der Waals surface area contributed by atoms with Gasteiger partial charge in [0.2, 0.25) is 0 Å². The highest BCUT2D eigenvalue weighted by atomic mass is 16.5. The van der Waals surface area contributed by atoms with Gasteiger partial charge in [-0.25, -0.2) is 0 Å². The number of benzene rings is 2. The van der Waals surface area contributed by atoms with E-state index in [0.29, 0.717) is 18.4 Å². The van der Waals surface area contributed by atoms with Crippen LogP contribution in [0, 0.1) is 0 Å². The Morgan fingerprint density at radius 3 is 2.62 bits per heavy atom. The third-order valence-electron chi connectivity index (χ3n) is 6.03. The highest BCUT2D eigenvalue weighted by Gasteiger charge is 2.21. The Labute approximate surface area is 190 Å². The zero-order valence-electron chi connectivity index (χ0n) is 18.9. The number of hydrogen-bond donors (Lipinski definition) is 2. The number of ether oxygens (including phenoxy) is 1. The first kappa shape index (κ1) is 23.8. The molecule has 0 radical (unpaired) electrons. The van der Waals surface area contributed by atoms with E-state index in [0.717, 1.165) is 55.4 Å². The van der Waals surface area contributed by atoms with E-state index in [-0.39, 0.29) is 25.0 Å². The number of carboxylic acids is 1. The van der Waals surface area contributed by atoms with Crippen LogP contribution in [0.2, 0.25) is 0 Å². The molecule has 32 heavy (non-hydrogen) atoms. The van der Waals surface area contributed by atoms with Crippen LogP contribution >= 0.6 is 0 Å². The Bertz CT molecular complexity index is 927. The third kappa shape index (κ3) is 7.09. The van der Waals surface area contributed by atoms with Crippen molar-refractivity contribution in [2.24, 2.45) is 0 Å². The number of hydrogen-bond acceptors (Lipinski definition) is 4. The second-order valence-electron chi connectivity index (χ2n) is 8.32. The van der Waals surface area contributed by atoms with Crippen LogP contribution in [-0.4, -0.2) is 54.2 Å². The average molecular weight is 439 g/mol. The average Bonchev–Trinajstić information content (AvgIpc) is 2.81. The fraction of sp³-hybridized carbons (Fsp3) is 0.462. The first-order chi connectivity index (χ1) is 15.6. The molecule has 1 saturated heterocycles. The Hall–Kier alpha value is -2.86. The molecule has 172 valence electrons. The van der Waals surface area contributed by atoms with Crippen molar-refractivity contribution >= 4 is 22.6 Å². The lowest BCUT2D eigenvalue weighted by atomic mass is 10.0. The maximum Gasteiger partial charge on any atom is 0.303 e. The van der Waals surface area contributed by atoms with Crippen molar-refractivity contribution in [1.29, 1.82) is 0 Å². The molecule has 2 aromatic carbocycles. The fourth-order valence-electron chi connectivity index (χ4n) is 4.06. The number of nitrogens with zero attached hydrogens (tertiary/aromatic N) is 1. The van der Waals surface area contributed by atoms with Gasteiger partial charge in [-0.3, -0.25) is 9.59 Å². The van der Waals surface area contributed by atoms with Crippen molar-refractivity contribution in [1.82, 2.24) is 10.2 Å². The van der Waals surface area contributed by atoms with Gasteiger partial charge in [0.1, 0.15) is 12.4 Å². The number of carbonyl (C=O) groups excluding carboxylic acids is 1. The van der Waals surface area contributed by atoms with Crippen LogP contribution in [0.1, 0.15) is 45.4 Å². The van der Waals surface area contributed by atoms with Gasteiger partial charge in [0.05, 0.1) is 5.57 Å². The Balaban J connectivity index is 1.64. The molecule has 0 atom stereocenters. The number of rotatable bonds is 11. The molecule has 0 bridgehead atoms. The second-order valence-corrected chi connectivity index (χ2v) is 8.32. The molecule has 3 rings (SSSR count). The molecule has 1 amide bonds. The lowest BCUT2D eigenvalue weighted by Gasteiger charge is -2.31. The minimum atomic E-state index is -0.787. The van der Waals surface area contributed by atoms with E-state index in [9.17, 15) is 9.59 Å². The summed E-state index contributed by atoms with van der Waals surface area (Å²) in [6.45, 7) is 5.40. The van der Waals surface area contributed by atoms with Crippen LogP contribution in [0.25, 0.3) is 10.8 Å². The molecule has 1 heterocycles. The number of likely N-dealkylation sites (tertiary alicyclic amines) is 1. The van der Waals surface area contributed by atoms with Crippen LogP contribution in [0.3, 0.4) is 0 Å². The zero-order valence-corrected chi connectivity index (χ0v) is 18.9. The first-order valence-corrected chi connectivity index (χ1v) is 11.6. The van der Waals surface area contributed by atoms with Gasteiger partial charge < -0.3 is 20.1 Å². The summed E-state index contributed by atoms with van der Waals surface area (Å²) in [7, 11) is 0. The molecule has 6 nitrogen and oxygen atoms in total. The normalized spacial score (nSPS) is 15.6. The molecule has 2 aromatic rings. The van der Waals surface area contributed by atoms with Crippen LogP contribution < -0.4 is 10.1 Å². The van der Waals surface area contributed by atoms with E-state index in [1.165, 1.54) is 0 Å². The smallest absolute Gasteiger partial charge is 0.303 e. The van der Waals surface area contributed by atoms with Crippen molar-refractivity contribution < 1.29 is 19.4 Å². The van der Waals surface area contributed by atoms with Crippen LogP contribution in [0.4, 0.5) is 0 Å². The number of unbranched alkanes of at least 4 members (excludes halogenated alkanes) is 2. The van der Waals surface area contributed by atoms with Crippen molar-refractivity contribution in [3.8, 4) is 5.75 Å². The van der Waals surface area contributed by atoms with Gasteiger partial charge in [0.25, 0.3) is 5.91 Å². The fourth-order valence-corrected chi connectivity index (χ4v) is 4.06. The predicted molar refractivity (Wildman–Crippen MR) is 127 cm³/mol. The van der Waals surface area contributed by atoms with Crippen LogP contribution in [0.15, 0.2) is 54.1 Å². The Kier molecular flexibility index (Phi) is 9.11. The van der Waals surface area contributed by atoms with E-state index >= 15 is 0 Å². The summed E-state index contributed by atoms with van der Waals surface area (Å²) >= 11 is 0. The van der Waals surface area contributed by atoms with Gasteiger partial charge in [-0.15, -0.1) is 0 Å². The maximum atomic E-state index is 13.1. The van der Waals surface area contributed by atoms with Crippen molar-refractivity contribution in [3.05, 3.63) is 54.1 Å². The highest BCUT2D eigenvalue weighted by molar-refractivity contribution is 5.94. The standard InChI is InChI=1S/C26H34N2O4/c1-2-28-17-15-22(16-18-28)27-26(31)21(10-4-3-5-14-25(29)30)19-32-24-13-8-11-20-9-6-7-12-23(20)24/h6-13,22H,2-5,14-19H2,1H3,(H,27,31)(H,29,30). The summed E-state index contributed by atoms with van der Waals surface area (Å²) in [6, 6.07) is 14.1. The van der Waals surface area contributed by atoms with Crippen molar-refractivity contribution in [2.75, 3.05) is 26.2 Å². The zero-order chi connectivity index (χ0) is 22.8. The number of carbonyl (C=O) groups is 2. The van der Waals surface area contributed by atoms with Crippen molar-refractivity contribution in [2.45, 2.75) is 51.5 Å². The first-order valence-electron chi connectivity index (χ1n) is 11.6.